The molecule has 112 valence electrons. The van der Waals surface area contributed by atoms with Crippen LogP contribution in [-0.4, -0.2) is 48.0 Å². The molecule has 0 unspecified atom stereocenters. The van der Waals surface area contributed by atoms with Gasteiger partial charge in [-0.2, -0.15) is 0 Å². The van der Waals surface area contributed by atoms with Gasteiger partial charge in [0.15, 0.2) is 6.23 Å². The second-order valence-corrected chi connectivity index (χ2v) is 5.43. The van der Waals surface area contributed by atoms with Gasteiger partial charge in [0, 0.05) is 48.4 Å². The molecule has 4 atom stereocenters. The summed E-state index contributed by atoms with van der Waals surface area (Å²) in [5, 5.41) is 20.0. The number of hydrogen-bond donors (Lipinski definition) is 2. The average molecular weight is 515 g/mol. The summed E-state index contributed by atoms with van der Waals surface area (Å²) in [6.07, 6.45) is 3.28. The van der Waals surface area contributed by atoms with Crippen molar-refractivity contribution in [1.82, 2.24) is 19.5 Å². The first-order valence-corrected chi connectivity index (χ1v) is 6.52. The van der Waals surface area contributed by atoms with E-state index in [9.17, 15) is 10.2 Å². The zero-order valence-electron chi connectivity index (χ0n) is 12.1. The second-order valence-electron chi connectivity index (χ2n) is 5.43. The van der Waals surface area contributed by atoms with E-state index in [0.717, 1.165) is 0 Å². The van der Waals surface area contributed by atoms with Gasteiger partial charge in [-0.15, -0.1) is 0 Å². The van der Waals surface area contributed by atoms with Gasteiger partial charge in [-0.05, 0) is 13.1 Å². The van der Waals surface area contributed by atoms with Gasteiger partial charge in [0.2, 0.25) is 0 Å². The molecule has 3 rings (SSSR count). The number of aliphatic hydroxyl groups is 2. The van der Waals surface area contributed by atoms with E-state index in [0.29, 0.717) is 17.0 Å². The summed E-state index contributed by atoms with van der Waals surface area (Å²) in [5.41, 5.74) is -0.0384. The van der Waals surface area contributed by atoms with E-state index < -0.39 is 17.9 Å². The molecule has 1 fully saturated rings. The Labute approximate surface area is 146 Å². The Bertz CT molecular complexity index is 645. The van der Waals surface area contributed by atoms with Crippen molar-refractivity contribution < 1.29 is 46.1 Å². The third-order valence-electron chi connectivity index (χ3n) is 4.07. The van der Waals surface area contributed by atoms with Crippen molar-refractivity contribution in [1.29, 1.82) is 0 Å². The molecular formula is C13H17N4O3U-. The van der Waals surface area contributed by atoms with Gasteiger partial charge in [0.1, 0.15) is 5.60 Å². The van der Waals surface area contributed by atoms with Gasteiger partial charge in [0.25, 0.3) is 0 Å². The van der Waals surface area contributed by atoms with E-state index in [2.05, 4.69) is 21.1 Å². The van der Waals surface area contributed by atoms with Crippen LogP contribution in [0.4, 0.5) is 0 Å². The second kappa shape index (κ2) is 5.94. The van der Waals surface area contributed by atoms with Gasteiger partial charge in [-0.25, -0.2) is 0 Å². The van der Waals surface area contributed by atoms with Crippen LogP contribution in [0.25, 0.3) is 11.2 Å². The Hall–Kier alpha value is -0.518. The zero-order chi connectivity index (χ0) is 14.5. The van der Waals surface area contributed by atoms with Crippen molar-refractivity contribution in [3.8, 4) is 0 Å². The third kappa shape index (κ3) is 2.64. The molecule has 1 aliphatic rings. The molecule has 1 aliphatic heterocycles. The Morgan fingerprint density at radius 1 is 1.52 bits per heavy atom. The number of imidazole rings is 1. The fourth-order valence-electron chi connectivity index (χ4n) is 2.60. The largest absolute Gasteiger partial charge is 0.394 e. The van der Waals surface area contributed by atoms with Crippen molar-refractivity contribution in [2.24, 2.45) is 5.92 Å². The maximum atomic E-state index is 10.7. The molecule has 8 heteroatoms. The number of rotatable bonds is 2. The molecule has 21 heavy (non-hydrogen) atoms. The van der Waals surface area contributed by atoms with E-state index in [-0.39, 0.29) is 43.6 Å². The Balaban J connectivity index is 0.00000161. The summed E-state index contributed by atoms with van der Waals surface area (Å²) in [6.45, 7) is 5.18. The third-order valence-corrected chi connectivity index (χ3v) is 4.07. The fraction of sp³-hybridized carbons (Fsp3) is 0.615. The minimum absolute atomic E-state index is 0. The molecule has 3 heterocycles. The molecule has 0 aromatic carbocycles. The summed E-state index contributed by atoms with van der Waals surface area (Å²) in [5.74, 6) is 0.366. The van der Waals surface area contributed by atoms with E-state index in [4.69, 9.17) is 4.74 Å². The molecule has 2 N–H and O–H groups in total. The van der Waals surface area contributed by atoms with Crippen LogP contribution in [0.15, 0.2) is 6.33 Å². The van der Waals surface area contributed by atoms with Crippen molar-refractivity contribution in [3.05, 3.63) is 18.3 Å². The molecule has 0 spiro atoms. The number of aryl methyl sites for hydroxylation is 1. The molecule has 0 aliphatic carbocycles. The number of ether oxygens (including phenoxy) is 1. The molecule has 0 radical (unpaired) electrons. The standard InChI is InChI=1S/C13H17N4O3.U/c1-7-10(5-18)20-12(13(7,3)19)17-6-15-9-4-14-8(2)16-11(9)17;/h6-7,10,12,18-19H,5H2,1-3H3;/q-1;/t7-,10+,12+,13+;/m0./s1. The Morgan fingerprint density at radius 2 is 2.24 bits per heavy atom. The predicted octanol–water partition coefficient (Wildman–Crippen LogP) is 0.212. The van der Waals surface area contributed by atoms with Crippen LogP contribution in [-0.2, 0) is 4.74 Å². The van der Waals surface area contributed by atoms with E-state index in [1.54, 1.807) is 24.7 Å². The Kier molecular flexibility index (Phi) is 4.76. The normalized spacial score (nSPS) is 32.3. The number of fused-ring (bicyclic) bond motifs is 1. The van der Waals surface area contributed by atoms with E-state index in [1.807, 2.05) is 6.92 Å². The van der Waals surface area contributed by atoms with E-state index in [1.165, 1.54) is 0 Å². The summed E-state index contributed by atoms with van der Waals surface area (Å²) < 4.78 is 7.45. The number of hydrogen-bond acceptors (Lipinski definition) is 6. The van der Waals surface area contributed by atoms with Crippen LogP contribution in [0.1, 0.15) is 25.9 Å². The van der Waals surface area contributed by atoms with Crippen molar-refractivity contribution in [3.63, 3.8) is 0 Å². The Morgan fingerprint density at radius 3 is 2.86 bits per heavy atom. The van der Waals surface area contributed by atoms with Crippen LogP contribution >= 0.6 is 0 Å². The first kappa shape index (κ1) is 16.8. The number of aromatic nitrogens is 4. The predicted molar refractivity (Wildman–Crippen MR) is 69.7 cm³/mol. The van der Waals surface area contributed by atoms with Gasteiger partial charge >= 0.3 is 0 Å². The van der Waals surface area contributed by atoms with Gasteiger partial charge in [-0.1, -0.05) is 13.8 Å². The van der Waals surface area contributed by atoms with Crippen molar-refractivity contribution in [2.75, 3.05) is 6.61 Å². The molecular weight excluding hydrogens is 498 g/mol. The minimum atomic E-state index is -1.13. The van der Waals surface area contributed by atoms with Crippen molar-refractivity contribution in [2.45, 2.75) is 38.7 Å². The minimum Gasteiger partial charge on any atom is -0.394 e. The molecule has 0 bridgehead atoms. The van der Waals surface area contributed by atoms with Crippen molar-refractivity contribution >= 4 is 11.2 Å². The number of nitrogens with zero attached hydrogens (tertiary/aromatic N) is 4. The maximum Gasteiger partial charge on any atom is 0.155 e. The fourth-order valence-corrected chi connectivity index (χ4v) is 2.60. The zero-order valence-corrected chi connectivity index (χ0v) is 16.3. The van der Waals surface area contributed by atoms with Crippen LogP contribution in [0.3, 0.4) is 0 Å². The van der Waals surface area contributed by atoms with Gasteiger partial charge in [0.05, 0.1) is 24.7 Å². The van der Waals surface area contributed by atoms with Crippen LogP contribution in [0.2, 0.25) is 0 Å². The average Bonchev–Trinajstić information content (AvgIpc) is 2.90. The van der Waals surface area contributed by atoms with Gasteiger partial charge < -0.3 is 29.5 Å². The molecule has 2 aromatic heterocycles. The summed E-state index contributed by atoms with van der Waals surface area (Å²) in [4.78, 5) is 12.5. The molecule has 0 saturated carbocycles. The van der Waals surface area contributed by atoms with Crippen LogP contribution < -0.4 is 0 Å². The van der Waals surface area contributed by atoms with Crippen LogP contribution in [0.5, 0.6) is 0 Å². The van der Waals surface area contributed by atoms with Crippen LogP contribution in [0, 0.1) is 50.2 Å². The topological polar surface area (TPSA) is 93.3 Å². The van der Waals surface area contributed by atoms with Gasteiger partial charge in [-0.3, -0.25) is 4.98 Å². The molecule has 7 nitrogen and oxygen atoms in total. The SMILES string of the molecule is Cc1n[c-]c2ncn([C@@H]3O[C@H](CO)[C@H](C)[C@@]3(C)O)c2n1.[U]. The first-order chi connectivity index (χ1) is 9.45. The summed E-state index contributed by atoms with van der Waals surface area (Å²) in [7, 11) is 0. The number of aliphatic hydroxyl groups excluding tert-OH is 1. The molecule has 1 saturated heterocycles. The smallest absolute Gasteiger partial charge is 0.155 e. The molecule has 0 amide bonds. The molecule has 2 aromatic rings. The monoisotopic (exact) mass is 515 g/mol. The van der Waals surface area contributed by atoms with E-state index >= 15 is 0 Å². The first-order valence-electron chi connectivity index (χ1n) is 6.52. The summed E-state index contributed by atoms with van der Waals surface area (Å²) in [6, 6.07) is 0. The summed E-state index contributed by atoms with van der Waals surface area (Å²) >= 11 is 0. The quantitative estimate of drug-likeness (QED) is 0.556. The maximum absolute atomic E-state index is 10.7.